The molecule has 5 heavy (non-hydrogen) atoms. The molecule has 0 amide bonds. The Morgan fingerprint density at radius 1 is 1.60 bits per heavy atom. The van der Waals surface area contributed by atoms with Gasteiger partial charge in [-0.25, -0.2) is 0 Å². The van der Waals surface area contributed by atoms with E-state index in [0.29, 0.717) is 0 Å². The van der Waals surface area contributed by atoms with E-state index in [1.165, 1.54) is 5.34 Å². The fraction of sp³-hybridized carbons (Fsp3) is 0. The molecule has 0 radical (unpaired) electrons. The second kappa shape index (κ2) is 35.2. The third kappa shape index (κ3) is 33000. The number of rotatable bonds is 0. The van der Waals surface area contributed by atoms with Crippen LogP contribution in [0, 0.1) is 4.91 Å². The number of nitrogens with zero attached hydrogens (tertiary/aromatic N) is 1. The molecule has 0 bridgehead atoms. The topological polar surface area (TPSA) is 84.7 Å². The van der Waals surface area contributed by atoms with Crippen molar-refractivity contribution in [2.75, 3.05) is 0 Å². The van der Waals surface area contributed by atoms with Gasteiger partial charge in [-0.15, -0.1) is 4.91 Å². The second-order valence-corrected chi connectivity index (χ2v) is 0.0816. The van der Waals surface area contributed by atoms with Crippen LogP contribution in [0.2, 0.25) is 0 Å². The molecule has 5 heteroatoms. The zero-order valence-corrected chi connectivity index (χ0v) is 3.88. The minimum atomic E-state index is 0. The van der Waals surface area contributed by atoms with E-state index in [1.54, 1.807) is 0 Å². The van der Waals surface area contributed by atoms with Crippen LogP contribution in [0.5, 0.6) is 0 Å². The maximum atomic E-state index is 8.11. The van der Waals surface area contributed by atoms with Gasteiger partial charge in [-0.1, -0.05) is 0 Å². The van der Waals surface area contributed by atoms with Crippen molar-refractivity contribution in [3.63, 3.8) is 0 Å². The monoisotopic (exact) mass is 170 g/mol. The molecule has 0 aliphatic rings. The van der Waals surface area contributed by atoms with E-state index >= 15 is 0 Å². The maximum absolute atomic E-state index is 8.11. The molecule has 4 N–H and O–H groups in total. The molecule has 0 aromatic rings. The largest absolute Gasteiger partial charge is 0.379 e. The van der Waals surface area contributed by atoms with Crippen molar-refractivity contribution in [2.45, 2.75) is 0 Å². The van der Waals surface area contributed by atoms with Gasteiger partial charge >= 0.3 is 0 Å². The molecule has 0 unspecified atom stereocenters. The van der Waals surface area contributed by atoms with Crippen LogP contribution in [0.25, 0.3) is 0 Å². The predicted octanol–water partition coefficient (Wildman–Crippen LogP) is 0.301. The van der Waals surface area contributed by atoms with Crippen LogP contribution < -0.4 is 6.15 Å². The molecule has 0 saturated carbocycles. The average Bonchev–Trinajstić information content (AvgIpc) is 0.918. The summed E-state index contributed by atoms with van der Waals surface area (Å²) in [6, 6.07) is 0. The Balaban J connectivity index is -0.0000000200. The van der Waals surface area contributed by atoms with Gasteiger partial charge < -0.3 is 11.4 Å². The van der Waals surface area contributed by atoms with E-state index in [0.717, 1.165) is 0 Å². The van der Waals surface area contributed by atoms with E-state index in [4.69, 9.17) is 10.1 Å². The first kappa shape index (κ1) is 19.9. The molecule has 4 nitrogen and oxygen atoms in total. The molecule has 0 aromatic carbocycles. The zero-order valence-electron chi connectivity index (χ0n) is 2.33. The molecule has 0 aliphatic carbocycles. The zero-order chi connectivity index (χ0) is 2.71. The van der Waals surface area contributed by atoms with Gasteiger partial charge in [0.2, 0.25) is 0 Å². The molecule has 0 fully saturated rings. The fourth-order valence-electron chi connectivity index (χ4n) is 0. The van der Waals surface area contributed by atoms with Crippen LogP contribution in [0.15, 0.2) is 5.34 Å². The van der Waals surface area contributed by atoms with E-state index in [9.17, 15) is 0 Å². The van der Waals surface area contributed by atoms with Gasteiger partial charge in [0, 0.05) is 20.4 Å². The van der Waals surface area contributed by atoms with Gasteiger partial charge in [-0.3, -0.25) is 0 Å². The Labute approximate surface area is 42.7 Å². The van der Waals surface area contributed by atoms with Crippen molar-refractivity contribution in [1.82, 2.24) is 6.15 Å². The molecule has 0 aromatic heterocycles. The molecule has 0 rings (SSSR count). The molecule has 0 saturated heterocycles. The van der Waals surface area contributed by atoms with E-state index in [1.807, 2.05) is 0 Å². The van der Waals surface area contributed by atoms with Crippen LogP contribution in [-0.2, 0) is 20.4 Å². The summed E-state index contributed by atoms with van der Waals surface area (Å²) < 4.78 is 0. The first-order chi connectivity index (χ1) is 1.41. The van der Waals surface area contributed by atoms with E-state index < -0.39 is 0 Å². The Morgan fingerprint density at radius 2 is 1.60 bits per heavy atom. The van der Waals surface area contributed by atoms with Crippen LogP contribution in [0.4, 0.5) is 0 Å². The van der Waals surface area contributed by atoms with Crippen LogP contribution in [-0.4, -0.2) is 5.21 Å². The summed E-state index contributed by atoms with van der Waals surface area (Å²) in [6.07, 6.45) is 0. The van der Waals surface area contributed by atoms with Crippen molar-refractivity contribution in [1.29, 1.82) is 0 Å². The van der Waals surface area contributed by atoms with Crippen LogP contribution in [0.1, 0.15) is 0 Å². The number of hydrogen-bond donors (Lipinski definition) is 2. The van der Waals surface area contributed by atoms with Gasteiger partial charge in [0.15, 0.2) is 5.34 Å². The molecule has 0 heterocycles. The van der Waals surface area contributed by atoms with E-state index in [-0.39, 0.29) is 26.6 Å². The second-order valence-electron chi connectivity index (χ2n) is 0.0816. The summed E-state index contributed by atoms with van der Waals surface area (Å²) >= 11 is 0. The fourth-order valence-corrected chi connectivity index (χ4v) is 0. The van der Waals surface area contributed by atoms with Crippen molar-refractivity contribution >= 4 is 0 Å². The Hall–Kier alpha value is 0.0223. The molecular weight excluding hydrogens is 166 g/mol. The minimum absolute atomic E-state index is 0. The summed E-state index contributed by atoms with van der Waals surface area (Å²) in [7, 11) is 0. The summed E-state index contributed by atoms with van der Waals surface area (Å²) in [5.74, 6) is 0. The van der Waals surface area contributed by atoms with Crippen molar-refractivity contribution < 1.29 is 25.6 Å². The van der Waals surface area contributed by atoms with Crippen molar-refractivity contribution in [3.05, 3.63) is 4.91 Å². The smallest absolute Gasteiger partial charge is 0.152 e. The van der Waals surface area contributed by atoms with Crippen LogP contribution in [0.3, 0.4) is 0 Å². The summed E-state index contributed by atoms with van der Waals surface area (Å²) in [5, 5.41) is 7.89. The van der Waals surface area contributed by atoms with Crippen molar-refractivity contribution in [2.24, 2.45) is 5.34 Å². The molecule has 36 valence electrons. The molecule has 0 aliphatic heterocycles. The summed E-state index contributed by atoms with van der Waals surface area (Å²) in [6.45, 7) is 0. The Bertz CT molecular complexity index is 15.1. The predicted molar refractivity (Wildman–Crippen MR) is 12.6 cm³/mol. The summed E-state index contributed by atoms with van der Waals surface area (Å²) in [5.41, 5.74) is 0. The third-order valence-electron chi connectivity index (χ3n) is 0. The minimum Gasteiger partial charge on any atom is -0.379 e. The SMILES string of the molecule is N.O=NO.[Pd]. The van der Waals surface area contributed by atoms with Crippen molar-refractivity contribution in [3.8, 4) is 0 Å². The van der Waals surface area contributed by atoms with Gasteiger partial charge in [-0.2, -0.15) is 0 Å². The first-order valence-electron chi connectivity index (χ1n) is 0.383. The number of hydrogen-bond acceptors (Lipinski definition) is 3. The normalized spacial score (nSPS) is 2.40. The van der Waals surface area contributed by atoms with Gasteiger partial charge in [0.25, 0.3) is 0 Å². The van der Waals surface area contributed by atoms with Gasteiger partial charge in [0.1, 0.15) is 0 Å². The Kier molecular flexibility index (Phi) is 140. The van der Waals surface area contributed by atoms with E-state index in [2.05, 4.69) is 0 Å². The van der Waals surface area contributed by atoms with Crippen LogP contribution >= 0.6 is 0 Å². The standard InChI is InChI=1S/HNO2.H3N.Pd/c2-1-3;;/h(H,2,3);1H3;. The molecular formula is H4N2O2Pd. The molecule has 0 spiro atoms. The quantitative estimate of drug-likeness (QED) is 0.312. The van der Waals surface area contributed by atoms with Gasteiger partial charge in [0.05, 0.1) is 0 Å². The maximum Gasteiger partial charge on any atom is 0.152 e. The van der Waals surface area contributed by atoms with Gasteiger partial charge in [-0.05, 0) is 0 Å². The summed E-state index contributed by atoms with van der Waals surface area (Å²) in [4.78, 5) is 8.11. The first-order valence-corrected chi connectivity index (χ1v) is 0.383. The third-order valence-corrected chi connectivity index (χ3v) is 0. The Morgan fingerprint density at radius 3 is 1.60 bits per heavy atom. The molecule has 0 atom stereocenters. The average molecular weight is 170 g/mol.